The maximum absolute atomic E-state index is 11.7. The van der Waals surface area contributed by atoms with Gasteiger partial charge in [0.05, 0.1) is 7.11 Å². The summed E-state index contributed by atoms with van der Waals surface area (Å²) in [7, 11) is 0.959. The second kappa shape index (κ2) is 3.56. The zero-order valence-electron chi connectivity index (χ0n) is 5.94. The number of halogens is 3. The lowest BCUT2D eigenvalue weighted by Gasteiger charge is -2.11. The van der Waals surface area contributed by atoms with Crippen LogP contribution in [-0.4, -0.2) is 19.3 Å². The predicted octanol–water partition coefficient (Wildman–Crippen LogP) is 1.29. The van der Waals surface area contributed by atoms with E-state index in [1.165, 1.54) is 0 Å². The van der Waals surface area contributed by atoms with Crippen molar-refractivity contribution >= 4 is 5.97 Å². The van der Waals surface area contributed by atoms with Gasteiger partial charge in [0.1, 0.15) is 0 Å². The Morgan fingerprint density at radius 1 is 1.45 bits per heavy atom. The van der Waals surface area contributed by atoms with Crippen molar-refractivity contribution in [3.05, 3.63) is 0 Å². The van der Waals surface area contributed by atoms with Gasteiger partial charge in [0.2, 0.25) is 0 Å². The lowest BCUT2D eigenvalue weighted by atomic mass is 10.2. The Morgan fingerprint density at radius 3 is 2.18 bits per heavy atom. The van der Waals surface area contributed by atoms with Crippen molar-refractivity contribution in [1.82, 2.24) is 0 Å². The van der Waals surface area contributed by atoms with Crippen molar-refractivity contribution in [3.8, 4) is 0 Å². The smallest absolute Gasteiger partial charge is 0.298 e. The minimum atomic E-state index is -4.57. The maximum Gasteiger partial charge on any atom is 0.402 e. The Kier molecular flexibility index (Phi) is 3.31. The van der Waals surface area contributed by atoms with Crippen molar-refractivity contribution < 1.29 is 27.7 Å². The van der Waals surface area contributed by atoms with E-state index in [9.17, 15) is 18.0 Å². The van der Waals surface area contributed by atoms with Gasteiger partial charge in [0.25, 0.3) is 0 Å². The summed E-state index contributed by atoms with van der Waals surface area (Å²) in [4.78, 5) is 17.8. The molecule has 0 aromatic carbocycles. The summed E-state index contributed by atoms with van der Waals surface area (Å²) in [5.74, 6) is -3.59. The van der Waals surface area contributed by atoms with Crippen LogP contribution < -0.4 is 0 Å². The van der Waals surface area contributed by atoms with Crippen molar-refractivity contribution in [2.75, 3.05) is 7.11 Å². The monoisotopic (exact) mass is 172 g/mol. The summed E-state index contributed by atoms with van der Waals surface area (Å²) in [6.45, 7) is 0.696. The van der Waals surface area contributed by atoms with Crippen LogP contribution >= 0.6 is 0 Å². The molecule has 0 heterocycles. The Balaban J connectivity index is 4.03. The molecule has 0 aromatic heterocycles. The van der Waals surface area contributed by atoms with Gasteiger partial charge in [-0.1, -0.05) is 0 Å². The van der Waals surface area contributed by atoms with Crippen LogP contribution in [0.15, 0.2) is 0 Å². The van der Waals surface area contributed by atoms with Gasteiger partial charge in [-0.15, -0.1) is 0 Å². The fraction of sp³-hybridized carbons (Fsp3) is 0.800. The van der Waals surface area contributed by atoms with Crippen LogP contribution in [0.2, 0.25) is 0 Å². The first kappa shape index (κ1) is 10.2. The third-order valence-corrected chi connectivity index (χ3v) is 1.01. The molecule has 0 amide bonds. The molecule has 1 unspecified atom stereocenters. The molecule has 0 aromatic rings. The second-order valence-corrected chi connectivity index (χ2v) is 1.83. The van der Waals surface area contributed by atoms with Crippen LogP contribution in [0.4, 0.5) is 13.2 Å². The molecule has 0 rings (SSSR count). The third kappa shape index (κ3) is 3.22. The molecule has 6 heteroatoms. The Morgan fingerprint density at radius 2 is 1.91 bits per heavy atom. The van der Waals surface area contributed by atoms with Crippen LogP contribution in [0.5, 0.6) is 0 Å². The van der Waals surface area contributed by atoms with E-state index in [0.29, 0.717) is 6.92 Å². The molecule has 0 aliphatic carbocycles. The Hall–Kier alpha value is -0.780. The van der Waals surface area contributed by atoms with E-state index < -0.39 is 18.1 Å². The molecule has 0 aliphatic rings. The van der Waals surface area contributed by atoms with Crippen LogP contribution in [0.1, 0.15) is 6.92 Å². The summed E-state index contributed by atoms with van der Waals surface area (Å²) in [5, 5.41) is 0. The van der Waals surface area contributed by atoms with E-state index in [-0.39, 0.29) is 0 Å². The van der Waals surface area contributed by atoms with E-state index in [4.69, 9.17) is 0 Å². The average molecular weight is 172 g/mol. The van der Waals surface area contributed by atoms with E-state index >= 15 is 0 Å². The molecular weight excluding hydrogens is 165 g/mol. The summed E-state index contributed by atoms with van der Waals surface area (Å²) >= 11 is 0. The molecule has 0 aliphatic heterocycles. The van der Waals surface area contributed by atoms with Crippen molar-refractivity contribution in [2.45, 2.75) is 13.1 Å². The minimum absolute atomic E-state index is 0.696. The number of rotatable bonds is 2. The van der Waals surface area contributed by atoms with E-state index in [1.807, 2.05) is 0 Å². The molecule has 0 radical (unpaired) electrons. The van der Waals surface area contributed by atoms with E-state index in [0.717, 1.165) is 7.11 Å². The quantitative estimate of drug-likeness (QED) is 0.465. The highest BCUT2D eigenvalue weighted by atomic mass is 19.4. The molecule has 0 fully saturated rings. The maximum atomic E-state index is 11.7. The van der Waals surface area contributed by atoms with Crippen molar-refractivity contribution in [1.29, 1.82) is 0 Å². The number of carbonyl (C=O) groups excluding carboxylic acids is 1. The van der Waals surface area contributed by atoms with Crippen LogP contribution in [-0.2, 0) is 14.6 Å². The molecule has 0 saturated carbocycles. The SMILES string of the molecule is COOC(=O)C(C)C(F)(F)F. The molecular formula is C5H7F3O3. The number of alkyl halides is 3. The first-order valence-electron chi connectivity index (χ1n) is 2.70. The minimum Gasteiger partial charge on any atom is -0.298 e. The first-order valence-corrected chi connectivity index (χ1v) is 2.70. The van der Waals surface area contributed by atoms with Crippen molar-refractivity contribution in [2.24, 2.45) is 5.92 Å². The largest absolute Gasteiger partial charge is 0.402 e. The third-order valence-electron chi connectivity index (χ3n) is 1.01. The van der Waals surface area contributed by atoms with E-state index in [1.54, 1.807) is 0 Å². The highest BCUT2D eigenvalue weighted by Crippen LogP contribution is 2.26. The van der Waals surface area contributed by atoms with E-state index in [2.05, 4.69) is 9.78 Å². The molecule has 0 N–H and O–H groups in total. The van der Waals surface area contributed by atoms with Gasteiger partial charge in [-0.25, -0.2) is 4.79 Å². The Labute approximate surface area is 61.0 Å². The normalized spacial score (nSPS) is 14.3. The number of hydrogen-bond acceptors (Lipinski definition) is 3. The summed E-state index contributed by atoms with van der Waals surface area (Å²) < 4.78 is 35.0. The van der Waals surface area contributed by atoms with Crippen LogP contribution in [0.3, 0.4) is 0 Å². The summed E-state index contributed by atoms with van der Waals surface area (Å²) in [6.07, 6.45) is -4.57. The molecule has 11 heavy (non-hydrogen) atoms. The zero-order valence-corrected chi connectivity index (χ0v) is 5.94. The molecule has 0 saturated heterocycles. The molecule has 0 spiro atoms. The van der Waals surface area contributed by atoms with Gasteiger partial charge >= 0.3 is 12.1 Å². The lowest BCUT2D eigenvalue weighted by molar-refractivity contribution is -0.273. The highest BCUT2D eigenvalue weighted by molar-refractivity contribution is 5.72. The average Bonchev–Trinajstić information content (AvgIpc) is 1.85. The van der Waals surface area contributed by atoms with Gasteiger partial charge in [0, 0.05) is 0 Å². The van der Waals surface area contributed by atoms with Crippen LogP contribution in [0, 0.1) is 5.92 Å². The molecule has 66 valence electrons. The predicted molar refractivity (Wildman–Crippen MR) is 28.3 cm³/mol. The Bertz CT molecular complexity index is 142. The molecule has 1 atom stereocenters. The standard InChI is InChI=1S/C5H7F3O3/c1-3(5(6,7)8)4(9)11-10-2/h3H,1-2H3. The topological polar surface area (TPSA) is 35.5 Å². The fourth-order valence-electron chi connectivity index (χ4n) is 0.288. The lowest BCUT2D eigenvalue weighted by Crippen LogP contribution is -2.29. The molecule has 0 bridgehead atoms. The number of carbonyl (C=O) groups is 1. The van der Waals surface area contributed by atoms with Crippen molar-refractivity contribution in [3.63, 3.8) is 0 Å². The highest BCUT2D eigenvalue weighted by Gasteiger charge is 2.42. The van der Waals surface area contributed by atoms with Gasteiger partial charge in [-0.3, -0.25) is 4.89 Å². The first-order chi connectivity index (χ1) is 4.89. The van der Waals surface area contributed by atoms with Gasteiger partial charge in [0.15, 0.2) is 5.92 Å². The van der Waals surface area contributed by atoms with Gasteiger partial charge in [-0.2, -0.15) is 18.1 Å². The van der Waals surface area contributed by atoms with Gasteiger partial charge < -0.3 is 0 Å². The summed E-state index contributed by atoms with van der Waals surface area (Å²) in [5.41, 5.74) is 0. The summed E-state index contributed by atoms with van der Waals surface area (Å²) in [6, 6.07) is 0. The fourth-order valence-corrected chi connectivity index (χ4v) is 0.288. The molecule has 3 nitrogen and oxygen atoms in total. The second-order valence-electron chi connectivity index (χ2n) is 1.83. The zero-order chi connectivity index (χ0) is 9.07. The number of hydrogen-bond donors (Lipinski definition) is 0. The van der Waals surface area contributed by atoms with Crippen LogP contribution in [0.25, 0.3) is 0 Å². The van der Waals surface area contributed by atoms with Gasteiger partial charge in [-0.05, 0) is 6.92 Å².